The van der Waals surface area contributed by atoms with E-state index in [0.717, 1.165) is 39.3 Å². The average Bonchev–Trinajstić information content (AvgIpc) is 2.67. The van der Waals surface area contributed by atoms with Gasteiger partial charge in [-0.2, -0.15) is 0 Å². The first-order valence-corrected chi connectivity index (χ1v) is 7.25. The van der Waals surface area contributed by atoms with Crippen LogP contribution in [-0.2, 0) is 4.74 Å². The molecule has 1 heterocycles. The third kappa shape index (κ3) is 4.03. The minimum Gasteiger partial charge on any atom is -0.380 e. The zero-order valence-electron chi connectivity index (χ0n) is 12.4. The second-order valence-electron chi connectivity index (χ2n) is 5.47. The maximum atomic E-state index is 5.53. The number of nitrogens with one attached hydrogen (secondary N) is 1. The van der Waals surface area contributed by atoms with Gasteiger partial charge in [-0.05, 0) is 38.4 Å². The highest BCUT2D eigenvalue weighted by atomic mass is 16.5. The molecule has 1 fully saturated rings. The van der Waals surface area contributed by atoms with Gasteiger partial charge < -0.3 is 10.1 Å². The molecule has 0 amide bonds. The lowest BCUT2D eigenvalue weighted by Crippen LogP contribution is -2.35. The predicted molar refractivity (Wildman–Crippen MR) is 79.6 cm³/mol. The standard InChI is InChI=1S/C16H26N2O/c1-13-5-6-14(2)15(11-13)16(17-3)12-18-7-4-9-19-10-8-18/h5-6,11,16-17H,4,7-10,12H2,1-3H3. The molecule has 0 aliphatic carbocycles. The fraction of sp³-hybridized carbons (Fsp3) is 0.625. The minimum atomic E-state index is 0.401. The van der Waals surface area contributed by atoms with Gasteiger partial charge in [0.1, 0.15) is 0 Å². The van der Waals surface area contributed by atoms with E-state index in [0.29, 0.717) is 6.04 Å². The summed E-state index contributed by atoms with van der Waals surface area (Å²) in [5.74, 6) is 0. The predicted octanol–water partition coefficient (Wildman–Crippen LogP) is 2.29. The van der Waals surface area contributed by atoms with Crippen molar-refractivity contribution in [2.45, 2.75) is 26.3 Å². The number of rotatable bonds is 4. The van der Waals surface area contributed by atoms with Crippen molar-refractivity contribution in [1.29, 1.82) is 0 Å². The third-order valence-corrected chi connectivity index (χ3v) is 3.91. The van der Waals surface area contributed by atoms with E-state index in [2.05, 4.69) is 49.3 Å². The van der Waals surface area contributed by atoms with Gasteiger partial charge in [-0.3, -0.25) is 4.90 Å². The molecule has 0 aromatic heterocycles. The van der Waals surface area contributed by atoms with Crippen molar-refractivity contribution < 1.29 is 4.74 Å². The summed E-state index contributed by atoms with van der Waals surface area (Å²) in [5, 5.41) is 3.47. The first kappa shape index (κ1) is 14.5. The summed E-state index contributed by atoms with van der Waals surface area (Å²) in [4.78, 5) is 2.51. The Bertz CT molecular complexity index is 398. The van der Waals surface area contributed by atoms with Gasteiger partial charge in [-0.15, -0.1) is 0 Å². The fourth-order valence-electron chi connectivity index (χ4n) is 2.72. The van der Waals surface area contributed by atoms with E-state index in [4.69, 9.17) is 4.74 Å². The smallest absolute Gasteiger partial charge is 0.0593 e. The molecule has 0 radical (unpaired) electrons. The molecule has 0 saturated carbocycles. The van der Waals surface area contributed by atoms with Crippen molar-refractivity contribution >= 4 is 0 Å². The van der Waals surface area contributed by atoms with Gasteiger partial charge in [-0.1, -0.05) is 23.8 Å². The number of benzene rings is 1. The van der Waals surface area contributed by atoms with Gasteiger partial charge in [-0.25, -0.2) is 0 Å². The molecule has 0 spiro atoms. The number of hydrogen-bond acceptors (Lipinski definition) is 3. The van der Waals surface area contributed by atoms with Gasteiger partial charge in [0, 0.05) is 32.3 Å². The molecule has 1 aliphatic heterocycles. The molecule has 3 heteroatoms. The average molecular weight is 262 g/mol. The van der Waals surface area contributed by atoms with Crippen molar-refractivity contribution in [1.82, 2.24) is 10.2 Å². The van der Waals surface area contributed by atoms with E-state index in [9.17, 15) is 0 Å². The first-order chi connectivity index (χ1) is 9.20. The largest absolute Gasteiger partial charge is 0.380 e. The Morgan fingerprint density at radius 2 is 2.11 bits per heavy atom. The number of nitrogens with zero attached hydrogens (tertiary/aromatic N) is 1. The van der Waals surface area contributed by atoms with Gasteiger partial charge >= 0.3 is 0 Å². The number of ether oxygens (including phenoxy) is 1. The molecule has 1 N–H and O–H groups in total. The summed E-state index contributed by atoms with van der Waals surface area (Å²) < 4.78 is 5.53. The molecule has 1 unspecified atom stereocenters. The molecule has 2 rings (SSSR count). The van der Waals surface area contributed by atoms with E-state index < -0.39 is 0 Å². The Morgan fingerprint density at radius 1 is 1.26 bits per heavy atom. The normalized spacial score (nSPS) is 19.1. The lowest BCUT2D eigenvalue weighted by Gasteiger charge is -2.27. The van der Waals surface area contributed by atoms with Crippen LogP contribution in [0.4, 0.5) is 0 Å². The monoisotopic (exact) mass is 262 g/mol. The Morgan fingerprint density at radius 3 is 2.89 bits per heavy atom. The van der Waals surface area contributed by atoms with Crippen LogP contribution in [0.1, 0.15) is 29.2 Å². The van der Waals surface area contributed by atoms with Crippen LogP contribution in [-0.4, -0.2) is 44.8 Å². The highest BCUT2D eigenvalue weighted by molar-refractivity contribution is 5.33. The van der Waals surface area contributed by atoms with Crippen molar-refractivity contribution in [2.75, 3.05) is 39.9 Å². The number of likely N-dealkylation sites (N-methyl/N-ethyl adjacent to an activating group) is 1. The molecular formula is C16H26N2O. The topological polar surface area (TPSA) is 24.5 Å². The quantitative estimate of drug-likeness (QED) is 0.901. The molecule has 1 atom stereocenters. The molecule has 19 heavy (non-hydrogen) atoms. The molecule has 1 aromatic rings. The van der Waals surface area contributed by atoms with Crippen LogP contribution in [0.3, 0.4) is 0 Å². The molecule has 1 aliphatic rings. The summed E-state index contributed by atoms with van der Waals surface area (Å²) >= 11 is 0. The van der Waals surface area contributed by atoms with Crippen LogP contribution in [0.5, 0.6) is 0 Å². The molecule has 1 saturated heterocycles. The summed E-state index contributed by atoms with van der Waals surface area (Å²) in [7, 11) is 2.06. The van der Waals surface area contributed by atoms with E-state index >= 15 is 0 Å². The summed E-state index contributed by atoms with van der Waals surface area (Å²) in [6, 6.07) is 7.12. The van der Waals surface area contributed by atoms with Crippen LogP contribution < -0.4 is 5.32 Å². The van der Waals surface area contributed by atoms with Crippen molar-refractivity contribution in [2.24, 2.45) is 0 Å². The number of aryl methyl sites for hydroxylation is 2. The van der Waals surface area contributed by atoms with E-state index in [-0.39, 0.29) is 0 Å². The maximum absolute atomic E-state index is 5.53. The Hall–Kier alpha value is -0.900. The fourth-order valence-corrected chi connectivity index (χ4v) is 2.72. The van der Waals surface area contributed by atoms with E-state index in [1.54, 1.807) is 0 Å². The molecule has 0 bridgehead atoms. The Kier molecular flexibility index (Phi) is 5.37. The van der Waals surface area contributed by atoms with Gasteiger partial charge in [0.15, 0.2) is 0 Å². The molecular weight excluding hydrogens is 236 g/mol. The van der Waals surface area contributed by atoms with Crippen LogP contribution in [0.2, 0.25) is 0 Å². The second kappa shape index (κ2) is 7.04. The molecule has 106 valence electrons. The highest BCUT2D eigenvalue weighted by Crippen LogP contribution is 2.20. The third-order valence-electron chi connectivity index (χ3n) is 3.91. The van der Waals surface area contributed by atoms with Crippen molar-refractivity contribution in [3.05, 3.63) is 34.9 Å². The molecule has 1 aromatic carbocycles. The maximum Gasteiger partial charge on any atom is 0.0593 e. The van der Waals surface area contributed by atoms with Gasteiger partial charge in [0.2, 0.25) is 0 Å². The lowest BCUT2D eigenvalue weighted by atomic mass is 9.98. The SMILES string of the molecule is CNC(CN1CCCOCC1)c1cc(C)ccc1C. The Balaban J connectivity index is 2.08. The zero-order valence-corrected chi connectivity index (χ0v) is 12.4. The van der Waals surface area contributed by atoms with E-state index in [1.807, 2.05) is 0 Å². The summed E-state index contributed by atoms with van der Waals surface area (Å²) in [5.41, 5.74) is 4.13. The summed E-state index contributed by atoms with van der Waals surface area (Å²) in [6.07, 6.45) is 1.14. The van der Waals surface area contributed by atoms with Crippen molar-refractivity contribution in [3.8, 4) is 0 Å². The van der Waals surface area contributed by atoms with Crippen molar-refractivity contribution in [3.63, 3.8) is 0 Å². The second-order valence-corrected chi connectivity index (χ2v) is 5.47. The van der Waals surface area contributed by atoms with Crippen LogP contribution >= 0.6 is 0 Å². The zero-order chi connectivity index (χ0) is 13.7. The highest BCUT2D eigenvalue weighted by Gasteiger charge is 2.17. The summed E-state index contributed by atoms with van der Waals surface area (Å²) in [6.45, 7) is 9.38. The minimum absolute atomic E-state index is 0.401. The Labute approximate surface area is 116 Å². The molecule has 3 nitrogen and oxygen atoms in total. The van der Waals surface area contributed by atoms with Crippen LogP contribution in [0, 0.1) is 13.8 Å². The van der Waals surface area contributed by atoms with Gasteiger partial charge in [0.05, 0.1) is 6.61 Å². The first-order valence-electron chi connectivity index (χ1n) is 7.25. The van der Waals surface area contributed by atoms with Crippen LogP contribution in [0.25, 0.3) is 0 Å². The van der Waals surface area contributed by atoms with E-state index in [1.165, 1.54) is 16.7 Å². The number of hydrogen-bond donors (Lipinski definition) is 1. The lowest BCUT2D eigenvalue weighted by molar-refractivity contribution is 0.139. The van der Waals surface area contributed by atoms with Crippen LogP contribution in [0.15, 0.2) is 18.2 Å². The van der Waals surface area contributed by atoms with Gasteiger partial charge in [0.25, 0.3) is 0 Å².